The van der Waals surface area contributed by atoms with Crippen LogP contribution in [0.1, 0.15) is 26.2 Å². The molecule has 2 N–H and O–H groups in total. The van der Waals surface area contributed by atoms with Gasteiger partial charge in [0.1, 0.15) is 0 Å². The van der Waals surface area contributed by atoms with Crippen LogP contribution in [0.3, 0.4) is 0 Å². The molecule has 13 heavy (non-hydrogen) atoms. The summed E-state index contributed by atoms with van der Waals surface area (Å²) in [5, 5.41) is 11.4. The first-order valence-corrected chi connectivity index (χ1v) is 4.80. The van der Waals surface area contributed by atoms with Gasteiger partial charge in [0.15, 0.2) is 0 Å². The van der Waals surface area contributed by atoms with Gasteiger partial charge in [-0.25, -0.2) is 8.78 Å². The fourth-order valence-corrected chi connectivity index (χ4v) is 1.34. The van der Waals surface area contributed by atoms with Crippen LogP contribution in [0.25, 0.3) is 0 Å². The van der Waals surface area contributed by atoms with Gasteiger partial charge in [-0.1, -0.05) is 13.3 Å². The van der Waals surface area contributed by atoms with Crippen molar-refractivity contribution in [3.05, 3.63) is 0 Å². The van der Waals surface area contributed by atoms with Gasteiger partial charge in [0.2, 0.25) is 0 Å². The Kier molecular flexibility index (Phi) is 8.24. The standard InChI is InChI=1S/C9H19F2NO/c1-2-3-8(4-5-13)6-12-7-9(10)11/h8-9,12-13H,2-7H2,1H3. The van der Waals surface area contributed by atoms with E-state index < -0.39 is 6.43 Å². The summed E-state index contributed by atoms with van der Waals surface area (Å²) in [4.78, 5) is 0. The van der Waals surface area contributed by atoms with Gasteiger partial charge in [-0.3, -0.25) is 0 Å². The van der Waals surface area contributed by atoms with E-state index in [4.69, 9.17) is 5.11 Å². The number of halogens is 2. The van der Waals surface area contributed by atoms with Gasteiger partial charge >= 0.3 is 0 Å². The Hall–Kier alpha value is -0.220. The fraction of sp³-hybridized carbons (Fsp3) is 1.00. The number of nitrogens with one attached hydrogen (secondary N) is 1. The Morgan fingerprint density at radius 2 is 1.92 bits per heavy atom. The van der Waals surface area contributed by atoms with Crippen LogP contribution in [0.4, 0.5) is 8.78 Å². The number of aliphatic hydroxyl groups excluding tert-OH is 1. The number of alkyl halides is 2. The van der Waals surface area contributed by atoms with Crippen molar-refractivity contribution in [3.8, 4) is 0 Å². The molecule has 0 bridgehead atoms. The van der Waals surface area contributed by atoms with Crippen LogP contribution in [0, 0.1) is 5.92 Å². The average molecular weight is 195 g/mol. The lowest BCUT2D eigenvalue weighted by atomic mass is 10.0. The van der Waals surface area contributed by atoms with Gasteiger partial charge in [0.25, 0.3) is 6.43 Å². The molecule has 0 aliphatic rings. The van der Waals surface area contributed by atoms with E-state index in [1.54, 1.807) is 0 Å². The molecule has 0 aliphatic carbocycles. The summed E-state index contributed by atoms with van der Waals surface area (Å²) in [5.74, 6) is 0.328. The highest BCUT2D eigenvalue weighted by atomic mass is 19.3. The molecule has 0 heterocycles. The van der Waals surface area contributed by atoms with Crippen LogP contribution >= 0.6 is 0 Å². The third-order valence-corrected chi connectivity index (χ3v) is 1.97. The third-order valence-electron chi connectivity index (χ3n) is 1.97. The molecular weight excluding hydrogens is 176 g/mol. The molecule has 2 nitrogen and oxygen atoms in total. The number of hydrogen-bond acceptors (Lipinski definition) is 2. The maximum atomic E-state index is 11.7. The van der Waals surface area contributed by atoms with Crippen molar-refractivity contribution < 1.29 is 13.9 Å². The summed E-state index contributed by atoms with van der Waals surface area (Å²) >= 11 is 0. The van der Waals surface area contributed by atoms with Crippen molar-refractivity contribution in [2.24, 2.45) is 5.92 Å². The van der Waals surface area contributed by atoms with Crippen molar-refractivity contribution in [1.82, 2.24) is 5.32 Å². The maximum absolute atomic E-state index is 11.7. The molecule has 0 aromatic heterocycles. The van der Waals surface area contributed by atoms with Crippen LogP contribution in [0.2, 0.25) is 0 Å². The van der Waals surface area contributed by atoms with Crippen molar-refractivity contribution in [3.63, 3.8) is 0 Å². The highest BCUT2D eigenvalue weighted by Crippen LogP contribution is 2.09. The minimum Gasteiger partial charge on any atom is -0.396 e. The van der Waals surface area contributed by atoms with Crippen molar-refractivity contribution in [2.45, 2.75) is 32.6 Å². The zero-order valence-corrected chi connectivity index (χ0v) is 8.10. The van der Waals surface area contributed by atoms with E-state index in [1.807, 2.05) is 0 Å². The molecule has 0 spiro atoms. The molecule has 1 atom stereocenters. The number of aliphatic hydroxyl groups is 1. The Morgan fingerprint density at radius 3 is 2.38 bits per heavy atom. The Bertz CT molecular complexity index is 106. The SMILES string of the molecule is CCCC(CCO)CNCC(F)F. The van der Waals surface area contributed by atoms with Crippen LogP contribution in [-0.4, -0.2) is 31.2 Å². The first kappa shape index (κ1) is 12.8. The lowest BCUT2D eigenvalue weighted by Gasteiger charge is -2.15. The van der Waals surface area contributed by atoms with Crippen molar-refractivity contribution in [1.29, 1.82) is 0 Å². The van der Waals surface area contributed by atoms with Gasteiger partial charge in [0.05, 0.1) is 6.54 Å². The first-order chi connectivity index (χ1) is 6.20. The smallest absolute Gasteiger partial charge is 0.250 e. The molecule has 0 fully saturated rings. The third kappa shape index (κ3) is 8.12. The number of hydrogen-bond donors (Lipinski definition) is 2. The van der Waals surface area contributed by atoms with Gasteiger partial charge in [-0.2, -0.15) is 0 Å². The summed E-state index contributed by atoms with van der Waals surface area (Å²) < 4.78 is 23.5. The zero-order chi connectivity index (χ0) is 10.1. The zero-order valence-electron chi connectivity index (χ0n) is 8.10. The van der Waals surface area contributed by atoms with Crippen LogP contribution in [0.15, 0.2) is 0 Å². The quantitative estimate of drug-likeness (QED) is 0.617. The van der Waals surface area contributed by atoms with Crippen LogP contribution < -0.4 is 5.32 Å². The minimum absolute atomic E-state index is 0.140. The molecule has 0 amide bonds. The number of rotatable bonds is 8. The predicted octanol–water partition coefficient (Wildman–Crippen LogP) is 1.64. The van der Waals surface area contributed by atoms with Gasteiger partial charge in [-0.15, -0.1) is 0 Å². The molecule has 0 saturated heterocycles. The van der Waals surface area contributed by atoms with E-state index in [0.717, 1.165) is 12.8 Å². The molecule has 80 valence electrons. The van der Waals surface area contributed by atoms with Gasteiger partial charge in [0, 0.05) is 6.61 Å². The molecule has 0 rings (SSSR count). The molecule has 4 heteroatoms. The fourth-order valence-electron chi connectivity index (χ4n) is 1.34. The van der Waals surface area contributed by atoms with E-state index in [0.29, 0.717) is 18.9 Å². The second-order valence-corrected chi connectivity index (χ2v) is 3.22. The highest BCUT2D eigenvalue weighted by Gasteiger charge is 2.08. The highest BCUT2D eigenvalue weighted by molar-refractivity contribution is 4.62. The van der Waals surface area contributed by atoms with Gasteiger partial charge < -0.3 is 10.4 Å². The molecule has 0 aromatic rings. The topological polar surface area (TPSA) is 32.3 Å². The lowest BCUT2D eigenvalue weighted by molar-refractivity contribution is 0.142. The molecule has 1 unspecified atom stereocenters. The largest absolute Gasteiger partial charge is 0.396 e. The second kappa shape index (κ2) is 8.38. The van der Waals surface area contributed by atoms with E-state index in [2.05, 4.69) is 12.2 Å². The summed E-state index contributed by atoms with van der Waals surface area (Å²) in [6.45, 7) is 2.53. The minimum atomic E-state index is -2.28. The van der Waals surface area contributed by atoms with E-state index >= 15 is 0 Å². The van der Waals surface area contributed by atoms with Gasteiger partial charge in [-0.05, 0) is 25.3 Å². The van der Waals surface area contributed by atoms with E-state index in [9.17, 15) is 8.78 Å². The summed E-state index contributed by atoms with van der Waals surface area (Å²) in [6.07, 6.45) is 0.429. The monoisotopic (exact) mass is 195 g/mol. The molecule has 0 saturated carbocycles. The van der Waals surface area contributed by atoms with Crippen LogP contribution in [0.5, 0.6) is 0 Å². The normalized spacial score (nSPS) is 13.6. The summed E-state index contributed by atoms with van der Waals surface area (Å²) in [6, 6.07) is 0. The second-order valence-electron chi connectivity index (χ2n) is 3.22. The lowest BCUT2D eigenvalue weighted by Crippen LogP contribution is -2.28. The molecule has 0 aromatic carbocycles. The predicted molar refractivity (Wildman–Crippen MR) is 49.0 cm³/mol. The molecule has 0 aliphatic heterocycles. The Morgan fingerprint density at radius 1 is 1.23 bits per heavy atom. The first-order valence-electron chi connectivity index (χ1n) is 4.80. The molecule has 0 radical (unpaired) electrons. The van der Waals surface area contributed by atoms with E-state index in [1.165, 1.54) is 0 Å². The summed E-state index contributed by atoms with van der Waals surface area (Å²) in [7, 11) is 0. The summed E-state index contributed by atoms with van der Waals surface area (Å²) in [5.41, 5.74) is 0. The molecular formula is C9H19F2NO. The maximum Gasteiger partial charge on any atom is 0.250 e. The van der Waals surface area contributed by atoms with E-state index in [-0.39, 0.29) is 13.2 Å². The van der Waals surface area contributed by atoms with Crippen molar-refractivity contribution in [2.75, 3.05) is 19.7 Å². The van der Waals surface area contributed by atoms with Crippen molar-refractivity contribution >= 4 is 0 Å². The Labute approximate surface area is 78.3 Å². The van der Waals surface area contributed by atoms with Crippen LogP contribution in [-0.2, 0) is 0 Å². The Balaban J connectivity index is 3.44. The average Bonchev–Trinajstić information content (AvgIpc) is 2.04.